The molecule has 1 fully saturated rings. The number of rotatable bonds is 4. The number of nitrogens with zero attached hydrogens (tertiary/aromatic N) is 6. The third kappa shape index (κ3) is 3.66. The SMILES string of the molecule is O/N=C(/Cn1nnc(N2CCCC2)n1)c1ccc(Cl)cc1.[Cl-]. The Morgan fingerprint density at radius 2 is 1.91 bits per heavy atom. The number of hydrogen-bond acceptors (Lipinski definition) is 6. The van der Waals surface area contributed by atoms with E-state index >= 15 is 0 Å². The molecular weight excluding hydrogens is 327 g/mol. The molecule has 1 aliphatic rings. The molecule has 7 nitrogen and oxygen atoms in total. The highest BCUT2D eigenvalue weighted by molar-refractivity contribution is 6.30. The first kappa shape index (κ1) is 16.5. The summed E-state index contributed by atoms with van der Waals surface area (Å²) in [5, 5.41) is 25.5. The fourth-order valence-electron chi connectivity index (χ4n) is 2.30. The number of aromatic nitrogens is 4. The highest BCUT2D eigenvalue weighted by atomic mass is 35.5. The van der Waals surface area contributed by atoms with Gasteiger partial charge in [0.25, 0.3) is 5.95 Å². The van der Waals surface area contributed by atoms with Crippen LogP contribution in [0.1, 0.15) is 18.4 Å². The first-order chi connectivity index (χ1) is 10.3. The number of halogens is 2. The second-order valence-corrected chi connectivity index (χ2v) is 5.30. The molecule has 0 aliphatic carbocycles. The molecule has 2 heterocycles. The highest BCUT2D eigenvalue weighted by Crippen LogP contribution is 2.14. The van der Waals surface area contributed by atoms with Gasteiger partial charge in [-0.3, -0.25) is 0 Å². The van der Waals surface area contributed by atoms with Crippen molar-refractivity contribution in [1.29, 1.82) is 0 Å². The predicted octanol–water partition coefficient (Wildman–Crippen LogP) is -1.19. The molecule has 0 atom stereocenters. The zero-order valence-corrected chi connectivity index (χ0v) is 13.2. The highest BCUT2D eigenvalue weighted by Gasteiger charge is 2.17. The number of tetrazole rings is 1. The minimum Gasteiger partial charge on any atom is -1.00 e. The first-order valence-electron chi connectivity index (χ1n) is 6.76. The maximum Gasteiger partial charge on any atom is 0.266 e. The molecule has 118 valence electrons. The molecule has 0 saturated carbocycles. The van der Waals surface area contributed by atoms with Crippen LogP contribution in [0.15, 0.2) is 29.4 Å². The molecule has 3 rings (SSSR count). The summed E-state index contributed by atoms with van der Waals surface area (Å²) < 4.78 is 0. The monoisotopic (exact) mass is 341 g/mol. The van der Waals surface area contributed by atoms with E-state index in [0.29, 0.717) is 16.7 Å². The summed E-state index contributed by atoms with van der Waals surface area (Å²) in [6, 6.07) is 7.06. The van der Waals surface area contributed by atoms with Gasteiger partial charge in [-0.1, -0.05) is 34.0 Å². The van der Waals surface area contributed by atoms with Crippen LogP contribution in [0.5, 0.6) is 0 Å². The molecule has 1 aromatic carbocycles. The van der Waals surface area contributed by atoms with E-state index in [1.807, 2.05) is 0 Å². The molecule has 1 aliphatic heterocycles. The van der Waals surface area contributed by atoms with E-state index in [2.05, 4.69) is 25.5 Å². The molecule has 1 aromatic heterocycles. The van der Waals surface area contributed by atoms with Gasteiger partial charge in [0.15, 0.2) is 0 Å². The van der Waals surface area contributed by atoms with Gasteiger partial charge in [0.2, 0.25) is 0 Å². The summed E-state index contributed by atoms with van der Waals surface area (Å²) in [6.07, 6.45) is 2.31. The van der Waals surface area contributed by atoms with E-state index in [1.165, 1.54) is 4.80 Å². The van der Waals surface area contributed by atoms with Crippen LogP contribution in [-0.2, 0) is 6.54 Å². The van der Waals surface area contributed by atoms with E-state index in [1.54, 1.807) is 24.3 Å². The normalized spacial score (nSPS) is 15.0. The Balaban J connectivity index is 0.00000176. The van der Waals surface area contributed by atoms with Gasteiger partial charge in [0.05, 0.1) is 0 Å². The summed E-state index contributed by atoms with van der Waals surface area (Å²) in [5.41, 5.74) is 1.22. The van der Waals surface area contributed by atoms with Gasteiger partial charge in [0.1, 0.15) is 12.3 Å². The average molecular weight is 342 g/mol. The van der Waals surface area contributed by atoms with Crippen molar-refractivity contribution in [3.8, 4) is 0 Å². The van der Waals surface area contributed by atoms with Crippen molar-refractivity contribution in [2.45, 2.75) is 19.4 Å². The molecule has 0 amide bonds. The lowest BCUT2D eigenvalue weighted by molar-refractivity contribution is -0.00000521. The minimum absolute atomic E-state index is 0. The Kier molecular flexibility index (Phi) is 5.57. The van der Waals surface area contributed by atoms with Gasteiger partial charge in [-0.15, -0.1) is 5.10 Å². The second kappa shape index (κ2) is 7.42. The van der Waals surface area contributed by atoms with Gasteiger partial charge >= 0.3 is 0 Å². The van der Waals surface area contributed by atoms with E-state index < -0.39 is 0 Å². The number of anilines is 1. The van der Waals surface area contributed by atoms with Crippen LogP contribution in [0.3, 0.4) is 0 Å². The molecule has 0 bridgehead atoms. The van der Waals surface area contributed by atoms with E-state index in [-0.39, 0.29) is 19.0 Å². The summed E-state index contributed by atoms with van der Waals surface area (Å²) in [4.78, 5) is 3.53. The van der Waals surface area contributed by atoms with Crippen LogP contribution in [-0.4, -0.2) is 44.2 Å². The minimum atomic E-state index is 0. The van der Waals surface area contributed by atoms with Crippen molar-refractivity contribution in [1.82, 2.24) is 20.2 Å². The third-order valence-corrected chi connectivity index (χ3v) is 3.67. The van der Waals surface area contributed by atoms with Crippen molar-refractivity contribution < 1.29 is 17.6 Å². The standard InChI is InChI=1S/C13H15ClN6O.ClH/c14-11-5-3-10(4-6-11)12(17-21)9-20-16-13(15-18-20)19-7-1-2-8-19;/h3-6,21H,1-2,7-9H2;1H/p-1/b17-12-;. The Morgan fingerprint density at radius 3 is 2.55 bits per heavy atom. The van der Waals surface area contributed by atoms with E-state index in [4.69, 9.17) is 11.6 Å². The molecule has 2 aromatic rings. The molecule has 0 spiro atoms. The summed E-state index contributed by atoms with van der Waals surface area (Å²) in [6.45, 7) is 2.17. The van der Waals surface area contributed by atoms with E-state index in [0.717, 1.165) is 31.5 Å². The van der Waals surface area contributed by atoms with Gasteiger partial charge < -0.3 is 22.5 Å². The van der Waals surface area contributed by atoms with Gasteiger partial charge in [-0.25, -0.2) is 0 Å². The lowest BCUT2D eigenvalue weighted by Crippen LogP contribution is -3.00. The Bertz CT molecular complexity index is 636. The van der Waals surface area contributed by atoms with Crippen LogP contribution in [0.4, 0.5) is 5.95 Å². The van der Waals surface area contributed by atoms with Crippen molar-refractivity contribution in [2.24, 2.45) is 5.16 Å². The molecule has 1 saturated heterocycles. The molecule has 0 radical (unpaired) electrons. The largest absolute Gasteiger partial charge is 1.00 e. The van der Waals surface area contributed by atoms with Gasteiger partial charge in [-0.2, -0.15) is 4.80 Å². The smallest absolute Gasteiger partial charge is 0.266 e. The molecule has 9 heteroatoms. The Morgan fingerprint density at radius 1 is 1.23 bits per heavy atom. The number of oxime groups is 1. The van der Waals surface area contributed by atoms with Crippen molar-refractivity contribution in [3.05, 3.63) is 34.9 Å². The van der Waals surface area contributed by atoms with Crippen LogP contribution >= 0.6 is 11.6 Å². The van der Waals surface area contributed by atoms with Gasteiger partial charge in [-0.05, 0) is 30.2 Å². The molecule has 22 heavy (non-hydrogen) atoms. The van der Waals surface area contributed by atoms with Crippen LogP contribution < -0.4 is 17.3 Å². The number of benzene rings is 1. The number of hydrogen-bond donors (Lipinski definition) is 1. The average Bonchev–Trinajstić information content (AvgIpc) is 3.17. The quantitative estimate of drug-likeness (QED) is 0.429. The fourth-order valence-corrected chi connectivity index (χ4v) is 2.43. The Hall–Kier alpha value is -1.86. The van der Waals surface area contributed by atoms with Crippen LogP contribution in [0.2, 0.25) is 5.02 Å². The summed E-state index contributed by atoms with van der Waals surface area (Å²) in [5.74, 6) is 0.626. The van der Waals surface area contributed by atoms with Gasteiger partial charge in [0, 0.05) is 23.7 Å². The summed E-state index contributed by atoms with van der Waals surface area (Å²) in [7, 11) is 0. The summed E-state index contributed by atoms with van der Waals surface area (Å²) >= 11 is 5.85. The van der Waals surface area contributed by atoms with Crippen molar-refractivity contribution in [3.63, 3.8) is 0 Å². The zero-order valence-electron chi connectivity index (χ0n) is 11.7. The molecular formula is C13H15Cl2N6O-. The maximum atomic E-state index is 9.18. The van der Waals surface area contributed by atoms with Crippen molar-refractivity contribution >= 4 is 23.3 Å². The zero-order chi connectivity index (χ0) is 14.7. The third-order valence-electron chi connectivity index (χ3n) is 3.42. The fraction of sp³-hybridized carbons (Fsp3) is 0.385. The topological polar surface area (TPSA) is 79.4 Å². The lowest BCUT2D eigenvalue weighted by Gasteiger charge is -2.10. The van der Waals surface area contributed by atoms with E-state index in [9.17, 15) is 5.21 Å². The maximum absolute atomic E-state index is 9.18. The molecule has 0 unspecified atom stereocenters. The lowest BCUT2D eigenvalue weighted by atomic mass is 10.1. The second-order valence-electron chi connectivity index (χ2n) is 4.87. The molecule has 1 N–H and O–H groups in total. The predicted molar refractivity (Wildman–Crippen MR) is 79.0 cm³/mol. The first-order valence-corrected chi connectivity index (χ1v) is 7.13. The van der Waals surface area contributed by atoms with Crippen molar-refractivity contribution in [2.75, 3.05) is 18.0 Å². The van der Waals surface area contributed by atoms with Crippen LogP contribution in [0.25, 0.3) is 0 Å². The van der Waals surface area contributed by atoms with Crippen LogP contribution in [0, 0.1) is 0 Å². The Labute approximate surface area is 139 Å².